The second-order valence-corrected chi connectivity index (χ2v) is 9.61. The van der Waals surface area contributed by atoms with Gasteiger partial charge in [-0.25, -0.2) is 0 Å². The van der Waals surface area contributed by atoms with Crippen LogP contribution in [-0.2, 0) is 20.9 Å². The van der Waals surface area contributed by atoms with E-state index in [-0.39, 0.29) is 30.3 Å². The number of amides is 1. The number of nitrogens with one attached hydrogen (secondary N) is 1. The van der Waals surface area contributed by atoms with Crippen LogP contribution >= 0.6 is 0 Å². The predicted molar refractivity (Wildman–Crippen MR) is 111 cm³/mol. The summed E-state index contributed by atoms with van der Waals surface area (Å²) in [5.41, 5.74) is 1.31. The van der Waals surface area contributed by atoms with Crippen molar-refractivity contribution in [3.05, 3.63) is 29.3 Å². The number of hydrogen-bond donors (Lipinski definition) is 1. The quantitative estimate of drug-likeness (QED) is 0.520. The standard InChI is InChI=1S/C24H31NO5/c1-15(26)19-3-4-21(29-2)20(8-19)14-30-23(28)13-25-22(27)12-24-9-16-5-17(10-24)7-18(6-16)11-24/h3-4,8,16-18H,5-7,9-14H2,1-2H3,(H,25,27). The lowest BCUT2D eigenvalue weighted by atomic mass is 9.49. The van der Waals surface area contributed by atoms with Gasteiger partial charge in [0.05, 0.1) is 7.11 Å². The van der Waals surface area contributed by atoms with Gasteiger partial charge in [-0.3, -0.25) is 14.4 Å². The molecule has 30 heavy (non-hydrogen) atoms. The van der Waals surface area contributed by atoms with E-state index in [0.717, 1.165) is 17.8 Å². The number of esters is 1. The zero-order chi connectivity index (χ0) is 21.3. The highest BCUT2D eigenvalue weighted by atomic mass is 16.5. The second-order valence-electron chi connectivity index (χ2n) is 9.61. The largest absolute Gasteiger partial charge is 0.496 e. The van der Waals surface area contributed by atoms with Crippen molar-refractivity contribution in [2.75, 3.05) is 13.7 Å². The number of benzene rings is 1. The molecule has 1 N–H and O–H groups in total. The lowest BCUT2D eigenvalue weighted by Gasteiger charge is -2.56. The highest BCUT2D eigenvalue weighted by Gasteiger charge is 2.51. The third-order valence-corrected chi connectivity index (χ3v) is 7.21. The van der Waals surface area contributed by atoms with E-state index in [1.54, 1.807) is 18.2 Å². The molecule has 4 aliphatic carbocycles. The predicted octanol–water partition coefficient (Wildman–Crippen LogP) is 3.66. The molecular formula is C24H31NO5. The summed E-state index contributed by atoms with van der Waals surface area (Å²) in [7, 11) is 1.53. The summed E-state index contributed by atoms with van der Waals surface area (Å²) in [6.45, 7) is 1.34. The number of Topliss-reactive ketones (excluding diaryl/α,β-unsaturated/α-hetero) is 1. The van der Waals surface area contributed by atoms with E-state index in [4.69, 9.17) is 9.47 Å². The molecule has 6 heteroatoms. The van der Waals surface area contributed by atoms with Crippen molar-refractivity contribution in [1.82, 2.24) is 5.32 Å². The second kappa shape index (κ2) is 8.40. The lowest BCUT2D eigenvalue weighted by Crippen LogP contribution is -2.48. The Morgan fingerprint density at radius 3 is 2.27 bits per heavy atom. The highest BCUT2D eigenvalue weighted by molar-refractivity contribution is 5.94. The van der Waals surface area contributed by atoms with Crippen LogP contribution in [0.4, 0.5) is 0 Å². The molecule has 0 unspecified atom stereocenters. The minimum absolute atomic E-state index is 0.00598. The van der Waals surface area contributed by atoms with Crippen LogP contribution in [0.3, 0.4) is 0 Å². The third kappa shape index (κ3) is 4.52. The molecule has 1 aromatic rings. The van der Waals surface area contributed by atoms with E-state index < -0.39 is 5.97 Å². The molecule has 0 atom stereocenters. The van der Waals surface area contributed by atoms with E-state index in [0.29, 0.717) is 23.3 Å². The third-order valence-electron chi connectivity index (χ3n) is 7.21. The van der Waals surface area contributed by atoms with E-state index in [1.165, 1.54) is 52.6 Å². The van der Waals surface area contributed by atoms with Crippen molar-refractivity contribution in [2.45, 2.75) is 58.5 Å². The van der Waals surface area contributed by atoms with Crippen LogP contribution in [0.1, 0.15) is 67.8 Å². The summed E-state index contributed by atoms with van der Waals surface area (Å²) in [5, 5.41) is 2.75. The van der Waals surface area contributed by atoms with Crippen molar-refractivity contribution in [3.63, 3.8) is 0 Å². The van der Waals surface area contributed by atoms with Gasteiger partial charge in [-0.1, -0.05) is 0 Å². The first kappa shape index (κ1) is 20.9. The number of carbonyl (C=O) groups excluding carboxylic acids is 3. The Bertz CT molecular complexity index is 811. The first-order valence-corrected chi connectivity index (χ1v) is 11.0. The summed E-state index contributed by atoms with van der Waals surface area (Å²) in [4.78, 5) is 36.3. The van der Waals surface area contributed by atoms with E-state index in [9.17, 15) is 14.4 Å². The summed E-state index contributed by atoms with van der Waals surface area (Å²) in [6, 6.07) is 5.03. The molecule has 1 amide bonds. The van der Waals surface area contributed by atoms with Crippen LogP contribution in [0.2, 0.25) is 0 Å². The topological polar surface area (TPSA) is 81.7 Å². The molecular weight excluding hydrogens is 382 g/mol. The maximum absolute atomic E-state index is 12.6. The minimum Gasteiger partial charge on any atom is -0.496 e. The number of carbonyl (C=O) groups is 3. The molecule has 5 rings (SSSR count). The van der Waals surface area contributed by atoms with E-state index in [1.807, 2.05) is 0 Å². The molecule has 0 spiro atoms. The van der Waals surface area contributed by atoms with Crippen LogP contribution in [0.5, 0.6) is 5.75 Å². The van der Waals surface area contributed by atoms with E-state index >= 15 is 0 Å². The summed E-state index contributed by atoms with van der Waals surface area (Å²) in [6.07, 6.45) is 8.08. The average Bonchev–Trinajstić information content (AvgIpc) is 2.69. The number of hydrogen-bond acceptors (Lipinski definition) is 5. The first-order valence-electron chi connectivity index (χ1n) is 11.0. The van der Waals surface area contributed by atoms with Crippen LogP contribution in [0.25, 0.3) is 0 Å². The molecule has 4 fully saturated rings. The first-order chi connectivity index (χ1) is 14.4. The molecule has 0 radical (unpaired) electrons. The van der Waals surface area contributed by atoms with Crippen molar-refractivity contribution in [2.24, 2.45) is 23.2 Å². The van der Waals surface area contributed by atoms with Gasteiger partial charge in [0.1, 0.15) is 18.9 Å². The van der Waals surface area contributed by atoms with Crippen LogP contribution in [-0.4, -0.2) is 31.3 Å². The maximum atomic E-state index is 12.6. The number of methoxy groups -OCH3 is 1. The Kier molecular flexibility index (Phi) is 5.85. The van der Waals surface area contributed by atoms with Gasteiger partial charge < -0.3 is 14.8 Å². The van der Waals surface area contributed by atoms with Crippen molar-refractivity contribution in [1.29, 1.82) is 0 Å². The number of rotatable bonds is 8. The van der Waals surface area contributed by atoms with Gasteiger partial charge in [-0.2, -0.15) is 0 Å². The fourth-order valence-electron chi connectivity index (χ4n) is 6.40. The van der Waals surface area contributed by atoms with Gasteiger partial charge in [0, 0.05) is 17.5 Å². The van der Waals surface area contributed by atoms with Gasteiger partial charge >= 0.3 is 5.97 Å². The van der Waals surface area contributed by atoms with Gasteiger partial charge in [0.15, 0.2) is 5.78 Å². The Balaban J connectivity index is 1.26. The lowest BCUT2D eigenvalue weighted by molar-refractivity contribution is -0.146. The molecule has 162 valence electrons. The number of ether oxygens (including phenoxy) is 2. The monoisotopic (exact) mass is 413 g/mol. The Morgan fingerprint density at radius 1 is 1.07 bits per heavy atom. The maximum Gasteiger partial charge on any atom is 0.325 e. The molecule has 4 bridgehead atoms. The zero-order valence-electron chi connectivity index (χ0n) is 17.9. The normalized spacial score (nSPS) is 28.8. The number of ketones is 1. The molecule has 4 saturated carbocycles. The molecule has 0 heterocycles. The molecule has 4 aliphatic rings. The van der Waals surface area contributed by atoms with Gasteiger partial charge in [0.2, 0.25) is 5.91 Å². The fourth-order valence-corrected chi connectivity index (χ4v) is 6.40. The molecule has 0 aliphatic heterocycles. The molecule has 6 nitrogen and oxygen atoms in total. The van der Waals surface area contributed by atoms with Crippen molar-refractivity contribution in [3.8, 4) is 5.75 Å². The van der Waals surface area contributed by atoms with E-state index in [2.05, 4.69) is 5.32 Å². The average molecular weight is 414 g/mol. The van der Waals surface area contributed by atoms with Crippen molar-refractivity contribution < 1.29 is 23.9 Å². The molecule has 1 aromatic carbocycles. The molecule has 0 saturated heterocycles. The van der Waals surface area contributed by atoms with Gasteiger partial charge in [-0.15, -0.1) is 0 Å². The smallest absolute Gasteiger partial charge is 0.325 e. The van der Waals surface area contributed by atoms with Crippen LogP contribution < -0.4 is 10.1 Å². The SMILES string of the molecule is COc1ccc(C(C)=O)cc1COC(=O)CNC(=O)CC12CC3CC(CC(C3)C1)C2. The fraction of sp³-hybridized carbons (Fsp3) is 0.625. The van der Waals surface area contributed by atoms with Crippen LogP contribution in [0.15, 0.2) is 18.2 Å². The minimum atomic E-state index is -0.496. The van der Waals surface area contributed by atoms with Crippen LogP contribution in [0, 0.1) is 23.2 Å². The zero-order valence-corrected chi connectivity index (χ0v) is 17.9. The van der Waals surface area contributed by atoms with Crippen molar-refractivity contribution >= 4 is 17.7 Å². The highest BCUT2D eigenvalue weighted by Crippen LogP contribution is 2.61. The Hall–Kier alpha value is -2.37. The van der Waals surface area contributed by atoms with Gasteiger partial charge in [-0.05, 0) is 86.8 Å². The van der Waals surface area contributed by atoms with Gasteiger partial charge in [0.25, 0.3) is 0 Å². The Labute approximate surface area is 177 Å². The summed E-state index contributed by atoms with van der Waals surface area (Å²) < 4.78 is 10.6. The summed E-state index contributed by atoms with van der Waals surface area (Å²) >= 11 is 0. The molecule has 0 aromatic heterocycles. The Morgan fingerprint density at radius 2 is 1.70 bits per heavy atom. The summed E-state index contributed by atoms with van der Waals surface area (Å²) in [5.74, 6) is 2.34.